The van der Waals surface area contributed by atoms with Crippen molar-refractivity contribution in [1.82, 2.24) is 0 Å². The molecule has 0 aromatic rings. The largest absolute Gasteiger partial charge is 0.481 e. The number of aliphatic hydroxyl groups excluding tert-OH is 2. The van der Waals surface area contributed by atoms with E-state index in [1.165, 1.54) is 6.08 Å². The van der Waals surface area contributed by atoms with Crippen molar-refractivity contribution >= 4 is 5.97 Å². The highest BCUT2D eigenvalue weighted by molar-refractivity contribution is 5.66. The van der Waals surface area contributed by atoms with Crippen molar-refractivity contribution in [1.29, 1.82) is 0 Å². The maximum absolute atomic E-state index is 10.2. The molecule has 0 fully saturated rings. The molecule has 3 N–H and O–H groups in total. The van der Waals surface area contributed by atoms with Crippen LogP contribution in [0.15, 0.2) is 37.0 Å². The number of hydrogen-bond donors (Lipinski definition) is 3. The Hall–Kier alpha value is -1.39. The van der Waals surface area contributed by atoms with Gasteiger partial charge in [0.2, 0.25) is 0 Å². The predicted molar refractivity (Wildman–Crippen MR) is 62.0 cm³/mol. The second-order valence-corrected chi connectivity index (χ2v) is 3.35. The second-order valence-electron chi connectivity index (χ2n) is 3.35. The molecular formula is C12H18O4. The van der Waals surface area contributed by atoms with E-state index in [1.807, 2.05) is 0 Å². The predicted octanol–water partition coefficient (Wildman–Crippen LogP) is 1.26. The van der Waals surface area contributed by atoms with Crippen molar-refractivity contribution in [3.63, 3.8) is 0 Å². The topological polar surface area (TPSA) is 77.8 Å². The Morgan fingerprint density at radius 2 is 1.94 bits per heavy atom. The summed E-state index contributed by atoms with van der Waals surface area (Å²) < 4.78 is 0. The van der Waals surface area contributed by atoms with Crippen molar-refractivity contribution in [3.05, 3.63) is 37.0 Å². The van der Waals surface area contributed by atoms with Crippen LogP contribution in [-0.2, 0) is 4.79 Å². The number of carboxylic acid groups (broad SMARTS) is 1. The van der Waals surface area contributed by atoms with Crippen LogP contribution < -0.4 is 0 Å². The van der Waals surface area contributed by atoms with Crippen molar-refractivity contribution in [3.8, 4) is 0 Å². The van der Waals surface area contributed by atoms with Crippen LogP contribution in [0.4, 0.5) is 0 Å². The van der Waals surface area contributed by atoms with Crippen LogP contribution in [0.3, 0.4) is 0 Å². The molecule has 0 saturated heterocycles. The molecule has 0 aliphatic carbocycles. The summed E-state index contributed by atoms with van der Waals surface area (Å²) >= 11 is 0. The molecule has 0 radical (unpaired) electrons. The fourth-order valence-electron chi connectivity index (χ4n) is 1.08. The van der Waals surface area contributed by atoms with Crippen molar-refractivity contribution < 1.29 is 20.1 Å². The van der Waals surface area contributed by atoms with Crippen LogP contribution in [0, 0.1) is 0 Å². The van der Waals surface area contributed by atoms with Gasteiger partial charge in [0.1, 0.15) is 0 Å². The minimum atomic E-state index is -0.969. The zero-order valence-corrected chi connectivity index (χ0v) is 9.12. The van der Waals surface area contributed by atoms with Crippen LogP contribution in [0.25, 0.3) is 0 Å². The van der Waals surface area contributed by atoms with Crippen LogP contribution in [0.5, 0.6) is 0 Å². The monoisotopic (exact) mass is 226 g/mol. The Bertz CT molecular complexity index is 268. The molecule has 4 nitrogen and oxygen atoms in total. The van der Waals surface area contributed by atoms with Gasteiger partial charge in [0.25, 0.3) is 0 Å². The zero-order valence-electron chi connectivity index (χ0n) is 9.12. The third-order valence-electron chi connectivity index (χ3n) is 1.95. The number of rotatable bonds is 8. The molecule has 0 aliphatic rings. The Balaban J connectivity index is 3.84. The first-order valence-corrected chi connectivity index (χ1v) is 5.11. The molecule has 90 valence electrons. The van der Waals surface area contributed by atoms with Gasteiger partial charge in [-0.1, -0.05) is 37.0 Å². The van der Waals surface area contributed by atoms with Crippen molar-refractivity contribution in [2.75, 3.05) is 0 Å². The van der Waals surface area contributed by atoms with Crippen LogP contribution in [0.1, 0.15) is 19.3 Å². The quantitative estimate of drug-likeness (QED) is 0.544. The van der Waals surface area contributed by atoms with E-state index in [0.29, 0.717) is 6.42 Å². The summed E-state index contributed by atoms with van der Waals surface area (Å²) in [7, 11) is 0. The molecule has 4 heteroatoms. The number of hydrogen-bond acceptors (Lipinski definition) is 3. The smallest absolute Gasteiger partial charge is 0.303 e. The number of aliphatic carboxylic acids is 1. The summed E-state index contributed by atoms with van der Waals surface area (Å²) in [6.45, 7) is 3.48. The SMILES string of the molecule is C=C/C=C/C=C/[C@H](O)[C@@H](O)CCCC(=O)O. The minimum Gasteiger partial charge on any atom is -0.481 e. The summed E-state index contributed by atoms with van der Waals surface area (Å²) in [5.41, 5.74) is 0. The highest BCUT2D eigenvalue weighted by Gasteiger charge is 2.12. The number of carbonyl (C=O) groups is 1. The molecule has 0 spiro atoms. The Kier molecular flexibility index (Phi) is 8.11. The fourth-order valence-corrected chi connectivity index (χ4v) is 1.08. The third-order valence-corrected chi connectivity index (χ3v) is 1.95. The molecule has 0 saturated carbocycles. The summed E-state index contributed by atoms with van der Waals surface area (Å²) in [4.78, 5) is 10.2. The normalized spacial score (nSPS) is 15.4. The number of aliphatic hydroxyl groups is 2. The number of allylic oxidation sites excluding steroid dienone is 4. The molecule has 0 amide bonds. The lowest BCUT2D eigenvalue weighted by atomic mass is 10.1. The van der Waals surface area contributed by atoms with Gasteiger partial charge in [-0.2, -0.15) is 0 Å². The van der Waals surface area contributed by atoms with E-state index in [4.69, 9.17) is 5.11 Å². The molecular weight excluding hydrogens is 208 g/mol. The molecule has 16 heavy (non-hydrogen) atoms. The lowest BCUT2D eigenvalue weighted by molar-refractivity contribution is -0.137. The van der Waals surface area contributed by atoms with E-state index in [1.54, 1.807) is 24.3 Å². The Labute approximate surface area is 95.2 Å². The summed E-state index contributed by atoms with van der Waals surface area (Å²) in [6, 6.07) is 0. The first-order chi connectivity index (χ1) is 7.57. The zero-order chi connectivity index (χ0) is 12.4. The molecule has 0 bridgehead atoms. The summed E-state index contributed by atoms with van der Waals surface area (Å²) in [5.74, 6) is -0.897. The van der Waals surface area contributed by atoms with Crippen LogP contribution in [0.2, 0.25) is 0 Å². The third kappa shape index (κ3) is 7.96. The van der Waals surface area contributed by atoms with Gasteiger partial charge in [-0.3, -0.25) is 4.79 Å². The van der Waals surface area contributed by atoms with Crippen molar-refractivity contribution in [2.45, 2.75) is 31.5 Å². The lowest BCUT2D eigenvalue weighted by Crippen LogP contribution is -2.23. The van der Waals surface area contributed by atoms with Gasteiger partial charge >= 0.3 is 5.97 Å². The van der Waals surface area contributed by atoms with E-state index in [9.17, 15) is 15.0 Å². The summed E-state index contributed by atoms with van der Waals surface area (Å²) in [6.07, 6.45) is 6.76. The number of carboxylic acids is 1. The molecule has 0 aromatic heterocycles. The minimum absolute atomic E-state index is 0.00383. The van der Waals surface area contributed by atoms with E-state index < -0.39 is 18.2 Å². The molecule has 0 unspecified atom stereocenters. The molecule has 2 atom stereocenters. The lowest BCUT2D eigenvalue weighted by Gasteiger charge is -2.13. The van der Waals surface area contributed by atoms with Gasteiger partial charge in [-0.15, -0.1) is 0 Å². The highest BCUT2D eigenvalue weighted by Crippen LogP contribution is 2.06. The second kappa shape index (κ2) is 8.88. The van der Waals surface area contributed by atoms with Gasteiger partial charge in [0, 0.05) is 6.42 Å². The van der Waals surface area contributed by atoms with Crippen LogP contribution >= 0.6 is 0 Å². The van der Waals surface area contributed by atoms with E-state index in [-0.39, 0.29) is 12.8 Å². The fraction of sp³-hybridized carbons (Fsp3) is 0.417. The first-order valence-electron chi connectivity index (χ1n) is 5.11. The molecule has 0 aromatic carbocycles. The van der Waals surface area contributed by atoms with E-state index in [2.05, 4.69) is 6.58 Å². The van der Waals surface area contributed by atoms with Crippen molar-refractivity contribution in [2.24, 2.45) is 0 Å². The maximum atomic E-state index is 10.2. The van der Waals surface area contributed by atoms with Gasteiger partial charge in [0.05, 0.1) is 12.2 Å². The summed E-state index contributed by atoms with van der Waals surface area (Å²) in [5, 5.41) is 27.3. The van der Waals surface area contributed by atoms with Gasteiger partial charge in [-0.05, 0) is 12.8 Å². The van der Waals surface area contributed by atoms with Gasteiger partial charge < -0.3 is 15.3 Å². The molecule has 0 aliphatic heterocycles. The average molecular weight is 226 g/mol. The van der Waals surface area contributed by atoms with Crippen LogP contribution in [-0.4, -0.2) is 33.5 Å². The standard InChI is InChI=1S/C12H18O4/c1-2-3-4-5-7-10(13)11(14)8-6-9-12(15)16/h2-5,7,10-11,13-14H,1,6,8-9H2,(H,15,16)/b4-3+,7-5+/t10-,11-/m0/s1. The Morgan fingerprint density at radius 3 is 2.50 bits per heavy atom. The molecule has 0 heterocycles. The van der Waals surface area contributed by atoms with Gasteiger partial charge in [-0.25, -0.2) is 0 Å². The Morgan fingerprint density at radius 1 is 1.25 bits per heavy atom. The van der Waals surface area contributed by atoms with E-state index >= 15 is 0 Å². The maximum Gasteiger partial charge on any atom is 0.303 e. The van der Waals surface area contributed by atoms with E-state index in [0.717, 1.165) is 0 Å². The highest BCUT2D eigenvalue weighted by atomic mass is 16.4. The first kappa shape index (κ1) is 14.6. The molecule has 0 rings (SSSR count). The van der Waals surface area contributed by atoms with Gasteiger partial charge in [0.15, 0.2) is 0 Å². The average Bonchev–Trinajstić information content (AvgIpc) is 2.23.